The zero-order valence-electron chi connectivity index (χ0n) is 11.2. The van der Waals surface area contributed by atoms with Crippen molar-refractivity contribution >= 4 is 5.69 Å². The van der Waals surface area contributed by atoms with Gasteiger partial charge in [-0.25, -0.2) is 4.39 Å². The lowest BCUT2D eigenvalue weighted by molar-refractivity contribution is -0.387. The van der Waals surface area contributed by atoms with Gasteiger partial charge in [-0.05, 0) is 25.8 Å². The lowest BCUT2D eigenvalue weighted by Crippen LogP contribution is -2.49. The fraction of sp³-hybridized carbons (Fsp3) is 0.462. The molecule has 112 valence electrons. The molecular weight excluding hydrogens is 284 g/mol. The first-order valence-electron chi connectivity index (χ1n) is 6.30. The number of nitro benzene ring substituents is 1. The summed E-state index contributed by atoms with van der Waals surface area (Å²) in [6.45, 7) is -0.168. The lowest BCUT2D eigenvalue weighted by Gasteiger charge is -2.26. The van der Waals surface area contributed by atoms with Gasteiger partial charge in [0.15, 0.2) is 11.6 Å². The van der Waals surface area contributed by atoms with Gasteiger partial charge in [0.1, 0.15) is 12.1 Å². The molecule has 1 N–H and O–H groups in total. The molecule has 21 heavy (non-hydrogen) atoms. The molecule has 0 radical (unpaired) electrons. The molecule has 0 aliphatic heterocycles. The fourth-order valence-electron chi connectivity index (χ4n) is 2.11. The molecule has 1 unspecified atom stereocenters. The molecule has 2 rings (SSSR count). The Bertz CT molecular complexity index is 613. The van der Waals surface area contributed by atoms with Gasteiger partial charge in [-0.3, -0.25) is 15.4 Å². The van der Waals surface area contributed by atoms with Crippen molar-refractivity contribution in [3.8, 4) is 11.8 Å². The van der Waals surface area contributed by atoms with Crippen molar-refractivity contribution in [3.63, 3.8) is 0 Å². The molecule has 0 amide bonds. The van der Waals surface area contributed by atoms with E-state index in [4.69, 9.17) is 4.74 Å². The predicted octanol–water partition coefficient (Wildman–Crippen LogP) is 2.14. The van der Waals surface area contributed by atoms with Gasteiger partial charge >= 0.3 is 5.69 Å². The predicted molar refractivity (Wildman–Crippen MR) is 68.6 cm³/mol. The van der Waals surface area contributed by atoms with Crippen LogP contribution in [-0.4, -0.2) is 24.1 Å². The van der Waals surface area contributed by atoms with Crippen molar-refractivity contribution in [1.82, 2.24) is 5.32 Å². The molecule has 8 heteroatoms. The van der Waals surface area contributed by atoms with E-state index in [2.05, 4.69) is 11.4 Å². The third-order valence-corrected chi connectivity index (χ3v) is 3.57. The second-order valence-corrected chi connectivity index (χ2v) is 4.89. The van der Waals surface area contributed by atoms with Crippen LogP contribution in [0.2, 0.25) is 0 Å². The highest BCUT2D eigenvalue weighted by molar-refractivity contribution is 5.39. The molecule has 1 fully saturated rings. The van der Waals surface area contributed by atoms with E-state index in [1.165, 1.54) is 0 Å². The van der Waals surface area contributed by atoms with Crippen molar-refractivity contribution in [1.29, 1.82) is 5.26 Å². The minimum atomic E-state index is -1.19. The minimum absolute atomic E-state index is 0.0958. The number of halogens is 2. The van der Waals surface area contributed by atoms with Gasteiger partial charge in [-0.15, -0.1) is 0 Å². The number of nitro groups is 1. The zero-order chi connectivity index (χ0) is 15.6. The van der Waals surface area contributed by atoms with Gasteiger partial charge < -0.3 is 4.74 Å². The van der Waals surface area contributed by atoms with E-state index < -0.39 is 33.5 Å². The van der Waals surface area contributed by atoms with Crippen LogP contribution in [0.1, 0.15) is 12.8 Å². The Hall–Kier alpha value is -2.27. The molecule has 0 aromatic heterocycles. The Morgan fingerprint density at radius 3 is 2.67 bits per heavy atom. The fourth-order valence-corrected chi connectivity index (χ4v) is 2.11. The van der Waals surface area contributed by atoms with Crippen molar-refractivity contribution in [2.24, 2.45) is 5.92 Å². The van der Waals surface area contributed by atoms with Crippen LogP contribution in [0.5, 0.6) is 5.75 Å². The molecule has 0 heterocycles. The van der Waals surface area contributed by atoms with E-state index in [0.29, 0.717) is 12.1 Å². The number of nitriles is 1. The normalized spacial score (nSPS) is 16.9. The van der Waals surface area contributed by atoms with E-state index in [1.54, 1.807) is 7.05 Å². The van der Waals surface area contributed by atoms with Gasteiger partial charge in [-0.1, -0.05) is 0 Å². The summed E-state index contributed by atoms with van der Waals surface area (Å²) in [6, 6.07) is 3.19. The molecule has 6 nitrogen and oxygen atoms in total. The molecular formula is C13H13F2N3O3. The van der Waals surface area contributed by atoms with Crippen molar-refractivity contribution < 1.29 is 18.4 Å². The molecule has 0 spiro atoms. The molecule has 1 aliphatic carbocycles. The summed E-state index contributed by atoms with van der Waals surface area (Å²) >= 11 is 0. The largest absolute Gasteiger partial charge is 0.487 e. The second kappa shape index (κ2) is 5.61. The van der Waals surface area contributed by atoms with Crippen molar-refractivity contribution in [2.75, 3.05) is 13.7 Å². The summed E-state index contributed by atoms with van der Waals surface area (Å²) in [5, 5.41) is 22.6. The van der Waals surface area contributed by atoms with Crippen LogP contribution in [0, 0.1) is 39.0 Å². The van der Waals surface area contributed by atoms with Crippen LogP contribution in [-0.2, 0) is 0 Å². The summed E-state index contributed by atoms with van der Waals surface area (Å²) in [7, 11) is 1.59. The monoisotopic (exact) mass is 297 g/mol. The number of hydrogen-bond donors (Lipinski definition) is 1. The standard InChI is InChI=1S/C13H13F2N3O3/c1-17-13(6-16,8-2-3-8)7-21-12-5-9(14)11(18(19)20)4-10(12)15/h4-5,8,17H,2-3,7H2,1H3. The van der Waals surface area contributed by atoms with Gasteiger partial charge in [0.2, 0.25) is 5.82 Å². The van der Waals surface area contributed by atoms with Crippen molar-refractivity contribution in [3.05, 3.63) is 33.9 Å². The molecule has 0 saturated heterocycles. The topological polar surface area (TPSA) is 88.2 Å². The maximum Gasteiger partial charge on any atom is 0.307 e. The number of rotatable bonds is 6. The van der Waals surface area contributed by atoms with Crippen LogP contribution in [0.15, 0.2) is 12.1 Å². The van der Waals surface area contributed by atoms with E-state index in [9.17, 15) is 24.2 Å². The van der Waals surface area contributed by atoms with Gasteiger partial charge in [0.05, 0.1) is 17.1 Å². The third kappa shape index (κ3) is 2.92. The van der Waals surface area contributed by atoms with Crippen LogP contribution in [0.3, 0.4) is 0 Å². The van der Waals surface area contributed by atoms with Crippen molar-refractivity contribution in [2.45, 2.75) is 18.4 Å². The average molecular weight is 297 g/mol. The first-order valence-corrected chi connectivity index (χ1v) is 6.30. The van der Waals surface area contributed by atoms with Crippen LogP contribution < -0.4 is 10.1 Å². The van der Waals surface area contributed by atoms with E-state index in [0.717, 1.165) is 12.8 Å². The second-order valence-electron chi connectivity index (χ2n) is 4.89. The van der Waals surface area contributed by atoms with Gasteiger partial charge in [0, 0.05) is 6.07 Å². The Morgan fingerprint density at radius 1 is 1.52 bits per heavy atom. The van der Waals surface area contributed by atoms with Gasteiger partial charge in [-0.2, -0.15) is 9.65 Å². The molecule has 1 saturated carbocycles. The number of nitrogens with one attached hydrogen (secondary N) is 1. The summed E-state index contributed by atoms with van der Waals surface area (Å²) < 4.78 is 32.3. The molecule has 1 aliphatic rings. The highest BCUT2D eigenvalue weighted by Crippen LogP contribution is 2.39. The summed E-state index contributed by atoms with van der Waals surface area (Å²) in [6.07, 6.45) is 1.71. The smallest absolute Gasteiger partial charge is 0.307 e. The average Bonchev–Trinajstić information content (AvgIpc) is 3.28. The molecule has 1 aromatic rings. The number of ether oxygens (including phenoxy) is 1. The first kappa shape index (κ1) is 15.1. The number of benzene rings is 1. The van der Waals surface area contributed by atoms with E-state index in [-0.39, 0.29) is 12.5 Å². The van der Waals surface area contributed by atoms with Gasteiger partial charge in [0.25, 0.3) is 0 Å². The van der Waals surface area contributed by atoms with Crippen LogP contribution in [0.4, 0.5) is 14.5 Å². The third-order valence-electron chi connectivity index (χ3n) is 3.57. The maximum atomic E-state index is 13.7. The number of likely N-dealkylation sites (N-methyl/N-ethyl adjacent to an activating group) is 1. The lowest BCUT2D eigenvalue weighted by atomic mass is 9.96. The maximum absolute atomic E-state index is 13.7. The highest BCUT2D eigenvalue weighted by Gasteiger charge is 2.45. The van der Waals surface area contributed by atoms with Crippen LogP contribution >= 0.6 is 0 Å². The molecule has 1 aromatic carbocycles. The number of nitrogens with zero attached hydrogens (tertiary/aromatic N) is 2. The Morgan fingerprint density at radius 2 is 2.19 bits per heavy atom. The zero-order valence-corrected chi connectivity index (χ0v) is 11.2. The quantitative estimate of drug-likeness (QED) is 0.642. The Balaban J connectivity index is 2.19. The van der Waals surface area contributed by atoms with E-state index in [1.807, 2.05) is 0 Å². The molecule has 1 atom stereocenters. The Kier molecular flexibility index (Phi) is 4.04. The summed E-state index contributed by atoms with van der Waals surface area (Å²) in [4.78, 5) is 9.48. The van der Waals surface area contributed by atoms with E-state index >= 15 is 0 Å². The minimum Gasteiger partial charge on any atom is -0.487 e. The SMILES string of the molecule is CNC(C#N)(COc1cc(F)c([N+](=O)[O-])cc1F)C1CC1. The highest BCUT2D eigenvalue weighted by atomic mass is 19.1. The Labute approximate surface area is 119 Å². The van der Waals surface area contributed by atoms with Crippen LogP contribution in [0.25, 0.3) is 0 Å². The number of hydrogen-bond acceptors (Lipinski definition) is 5. The first-order chi connectivity index (χ1) is 9.93. The molecule has 0 bridgehead atoms. The summed E-state index contributed by atoms with van der Waals surface area (Å²) in [5.41, 5.74) is -1.92. The summed E-state index contributed by atoms with van der Waals surface area (Å²) in [5.74, 6) is -2.58.